The Labute approximate surface area is 111 Å². The molecule has 0 saturated carbocycles. The fourth-order valence-electron chi connectivity index (χ4n) is 1.93. The molecule has 2 rings (SSSR count). The number of nitrogens with two attached hydrogens (primary N) is 1. The van der Waals surface area contributed by atoms with Crippen molar-refractivity contribution in [2.75, 3.05) is 6.54 Å². The second-order valence-electron chi connectivity index (χ2n) is 4.24. The van der Waals surface area contributed by atoms with Crippen molar-refractivity contribution in [2.45, 2.75) is 25.4 Å². The van der Waals surface area contributed by atoms with Crippen LogP contribution in [0.25, 0.3) is 0 Å². The van der Waals surface area contributed by atoms with E-state index >= 15 is 0 Å². The van der Waals surface area contributed by atoms with Gasteiger partial charge < -0.3 is 21.3 Å². The molecule has 6 nitrogen and oxygen atoms in total. The minimum Gasteiger partial charge on any atom is -0.473 e. The van der Waals surface area contributed by atoms with Crippen molar-refractivity contribution in [2.24, 2.45) is 5.73 Å². The first-order chi connectivity index (χ1) is 9.04. The molecule has 1 aromatic rings. The zero-order valence-electron chi connectivity index (χ0n) is 10.5. The molecule has 1 aliphatic heterocycles. The fourth-order valence-corrected chi connectivity index (χ4v) is 1.93. The summed E-state index contributed by atoms with van der Waals surface area (Å²) in [6.07, 6.45) is 2.21. The number of nitrogens with one attached hydrogen (secondary N) is 1. The lowest BCUT2D eigenvalue weighted by Gasteiger charge is -2.25. The van der Waals surface area contributed by atoms with Crippen LogP contribution in [-0.2, 0) is 22.6 Å². The molecule has 0 spiro atoms. The van der Waals surface area contributed by atoms with Gasteiger partial charge in [0.05, 0.1) is 0 Å². The predicted molar refractivity (Wildman–Crippen MR) is 69.7 cm³/mol. The minimum atomic E-state index is -1.82. The van der Waals surface area contributed by atoms with E-state index in [2.05, 4.69) is 29.6 Å². The summed E-state index contributed by atoms with van der Waals surface area (Å²) in [5.41, 5.74) is 8.47. The summed E-state index contributed by atoms with van der Waals surface area (Å²) in [4.78, 5) is 18.2. The number of hydrogen-bond donors (Lipinski definition) is 4. The number of carbonyl (C=O) groups is 2. The molecular weight excluding hydrogens is 248 g/mol. The maximum absolute atomic E-state index is 9.10. The predicted octanol–water partition coefficient (Wildman–Crippen LogP) is 0.205. The van der Waals surface area contributed by atoms with Gasteiger partial charge in [0.25, 0.3) is 0 Å². The van der Waals surface area contributed by atoms with Crippen LogP contribution in [0.15, 0.2) is 24.3 Å². The van der Waals surface area contributed by atoms with Crippen LogP contribution < -0.4 is 11.1 Å². The standard InChI is InChI=1S/C11H16N2.C2H2O4/c12-6-5-11-7-9-3-1-2-4-10(9)8-13-11;3-1(4)2(5)6/h1-4,11,13H,5-8,12H2;(H,3,4)(H,5,6). The molecule has 1 aromatic carbocycles. The van der Waals surface area contributed by atoms with Crippen molar-refractivity contribution in [1.29, 1.82) is 0 Å². The molecule has 1 atom stereocenters. The quantitative estimate of drug-likeness (QED) is 0.569. The van der Waals surface area contributed by atoms with Crippen LogP contribution in [0.2, 0.25) is 0 Å². The monoisotopic (exact) mass is 266 g/mol. The molecule has 0 saturated heterocycles. The van der Waals surface area contributed by atoms with E-state index in [1.807, 2.05) is 0 Å². The Hall–Kier alpha value is -1.92. The molecule has 19 heavy (non-hydrogen) atoms. The minimum absolute atomic E-state index is 0.583. The van der Waals surface area contributed by atoms with E-state index in [1.54, 1.807) is 0 Å². The van der Waals surface area contributed by atoms with Gasteiger partial charge in [-0.1, -0.05) is 24.3 Å². The van der Waals surface area contributed by atoms with Gasteiger partial charge in [0.15, 0.2) is 0 Å². The average Bonchev–Trinajstić information content (AvgIpc) is 2.39. The van der Waals surface area contributed by atoms with Crippen molar-refractivity contribution in [1.82, 2.24) is 5.32 Å². The van der Waals surface area contributed by atoms with Gasteiger partial charge in [-0.25, -0.2) is 9.59 Å². The van der Waals surface area contributed by atoms with Crippen LogP contribution in [0.4, 0.5) is 0 Å². The highest BCUT2D eigenvalue weighted by Crippen LogP contribution is 2.17. The summed E-state index contributed by atoms with van der Waals surface area (Å²) in [7, 11) is 0. The van der Waals surface area contributed by atoms with Crippen molar-refractivity contribution in [3.8, 4) is 0 Å². The largest absolute Gasteiger partial charge is 0.473 e. The fraction of sp³-hybridized carbons (Fsp3) is 0.385. The smallest absolute Gasteiger partial charge is 0.414 e. The molecule has 5 N–H and O–H groups in total. The van der Waals surface area contributed by atoms with E-state index in [9.17, 15) is 0 Å². The van der Waals surface area contributed by atoms with E-state index in [4.69, 9.17) is 25.5 Å². The van der Waals surface area contributed by atoms with E-state index in [-0.39, 0.29) is 0 Å². The normalized spacial score (nSPS) is 16.8. The van der Waals surface area contributed by atoms with Gasteiger partial charge >= 0.3 is 11.9 Å². The van der Waals surface area contributed by atoms with Crippen LogP contribution in [0, 0.1) is 0 Å². The highest BCUT2D eigenvalue weighted by molar-refractivity contribution is 6.27. The number of aliphatic carboxylic acids is 2. The Morgan fingerprint density at radius 1 is 1.21 bits per heavy atom. The van der Waals surface area contributed by atoms with E-state index < -0.39 is 11.9 Å². The molecule has 0 aliphatic carbocycles. The summed E-state index contributed by atoms with van der Waals surface area (Å²) in [5.74, 6) is -3.65. The molecule has 0 aromatic heterocycles. The molecule has 6 heteroatoms. The van der Waals surface area contributed by atoms with E-state index in [1.165, 1.54) is 11.1 Å². The number of rotatable bonds is 2. The molecule has 1 aliphatic rings. The molecule has 1 heterocycles. The van der Waals surface area contributed by atoms with Gasteiger partial charge in [-0.2, -0.15) is 0 Å². The summed E-state index contributed by atoms with van der Waals surface area (Å²) < 4.78 is 0. The second-order valence-corrected chi connectivity index (χ2v) is 4.24. The van der Waals surface area contributed by atoms with Gasteiger partial charge in [-0.15, -0.1) is 0 Å². The van der Waals surface area contributed by atoms with Crippen LogP contribution in [0.3, 0.4) is 0 Å². The lowest BCUT2D eigenvalue weighted by Crippen LogP contribution is -2.36. The van der Waals surface area contributed by atoms with Crippen molar-refractivity contribution < 1.29 is 19.8 Å². The van der Waals surface area contributed by atoms with Gasteiger partial charge in [0.1, 0.15) is 0 Å². The molecule has 0 bridgehead atoms. The van der Waals surface area contributed by atoms with Crippen molar-refractivity contribution >= 4 is 11.9 Å². The lowest BCUT2D eigenvalue weighted by atomic mass is 9.94. The van der Waals surface area contributed by atoms with Gasteiger partial charge in [-0.3, -0.25) is 0 Å². The SMILES string of the molecule is NCCC1Cc2ccccc2CN1.O=C(O)C(=O)O. The number of carboxylic acids is 2. The lowest BCUT2D eigenvalue weighted by molar-refractivity contribution is -0.159. The molecule has 1 unspecified atom stereocenters. The summed E-state index contributed by atoms with van der Waals surface area (Å²) >= 11 is 0. The third-order valence-corrected chi connectivity index (χ3v) is 2.86. The maximum Gasteiger partial charge on any atom is 0.414 e. The molecular formula is C13H18N2O4. The maximum atomic E-state index is 9.10. The molecule has 0 amide bonds. The van der Waals surface area contributed by atoms with Gasteiger partial charge in [0.2, 0.25) is 0 Å². The molecule has 0 fully saturated rings. The van der Waals surface area contributed by atoms with Crippen molar-refractivity contribution in [3.63, 3.8) is 0 Å². The summed E-state index contributed by atoms with van der Waals surface area (Å²) in [6, 6.07) is 9.22. The number of fused-ring (bicyclic) bond motifs is 1. The Bertz CT molecular complexity index is 436. The van der Waals surface area contributed by atoms with Crippen molar-refractivity contribution in [3.05, 3.63) is 35.4 Å². The highest BCUT2D eigenvalue weighted by atomic mass is 16.4. The average molecular weight is 266 g/mol. The zero-order valence-corrected chi connectivity index (χ0v) is 10.5. The first-order valence-corrected chi connectivity index (χ1v) is 6.01. The third kappa shape index (κ3) is 5.07. The van der Waals surface area contributed by atoms with Crippen LogP contribution >= 0.6 is 0 Å². The number of benzene rings is 1. The summed E-state index contributed by atoms with van der Waals surface area (Å²) in [6.45, 7) is 1.78. The Morgan fingerprint density at radius 3 is 2.32 bits per heavy atom. The van der Waals surface area contributed by atoms with E-state index in [0.717, 1.165) is 25.9 Å². The highest BCUT2D eigenvalue weighted by Gasteiger charge is 2.15. The second kappa shape index (κ2) is 7.50. The topological polar surface area (TPSA) is 113 Å². The zero-order chi connectivity index (χ0) is 14.3. The van der Waals surface area contributed by atoms with Crippen LogP contribution in [-0.4, -0.2) is 34.7 Å². The summed E-state index contributed by atoms with van der Waals surface area (Å²) in [5, 5.41) is 18.3. The number of carboxylic acid groups (broad SMARTS) is 2. The first kappa shape index (κ1) is 15.1. The Balaban J connectivity index is 0.000000258. The first-order valence-electron chi connectivity index (χ1n) is 6.01. The van der Waals surface area contributed by atoms with Gasteiger partial charge in [-0.05, 0) is 30.5 Å². The van der Waals surface area contributed by atoms with Crippen LogP contribution in [0.1, 0.15) is 17.5 Å². The van der Waals surface area contributed by atoms with Crippen LogP contribution in [0.5, 0.6) is 0 Å². The Morgan fingerprint density at radius 2 is 1.79 bits per heavy atom. The molecule has 104 valence electrons. The molecule has 0 radical (unpaired) electrons. The van der Waals surface area contributed by atoms with Gasteiger partial charge in [0, 0.05) is 12.6 Å². The number of hydrogen-bond acceptors (Lipinski definition) is 4. The van der Waals surface area contributed by atoms with E-state index in [0.29, 0.717) is 6.04 Å². The third-order valence-electron chi connectivity index (χ3n) is 2.86. The Kier molecular flexibility index (Phi) is 5.98.